The molecule has 0 unspecified atom stereocenters. The largest absolute Gasteiger partial charge is 0.497 e. The van der Waals surface area contributed by atoms with Crippen LogP contribution in [0.1, 0.15) is 10.4 Å². The van der Waals surface area contributed by atoms with E-state index in [1.807, 2.05) is 0 Å². The summed E-state index contributed by atoms with van der Waals surface area (Å²) >= 11 is 0. The molecular formula is C15H12N2O4. The third-order valence-electron chi connectivity index (χ3n) is 3.01. The molecule has 2 N–H and O–H groups in total. The van der Waals surface area contributed by atoms with Crippen LogP contribution < -0.4 is 15.8 Å². The molecule has 1 aromatic heterocycles. The maximum absolute atomic E-state index is 12.2. The number of anilines is 1. The van der Waals surface area contributed by atoms with Crippen molar-refractivity contribution in [2.24, 2.45) is 0 Å². The maximum atomic E-state index is 12.2. The minimum absolute atomic E-state index is 0.265. The average molecular weight is 284 g/mol. The van der Waals surface area contributed by atoms with Gasteiger partial charge in [0.1, 0.15) is 5.75 Å². The van der Waals surface area contributed by atoms with Crippen LogP contribution in [0.4, 0.5) is 5.69 Å². The molecule has 0 spiro atoms. The third kappa shape index (κ3) is 2.64. The number of aromatic nitrogens is 1. The van der Waals surface area contributed by atoms with Crippen LogP contribution in [0, 0.1) is 0 Å². The maximum Gasteiger partial charge on any atom is 0.417 e. The van der Waals surface area contributed by atoms with Crippen molar-refractivity contribution in [3.8, 4) is 5.75 Å². The second kappa shape index (κ2) is 5.16. The molecule has 21 heavy (non-hydrogen) atoms. The molecule has 3 rings (SSSR count). The van der Waals surface area contributed by atoms with Crippen LogP contribution in [0.5, 0.6) is 5.75 Å². The van der Waals surface area contributed by atoms with E-state index in [0.29, 0.717) is 28.1 Å². The zero-order valence-electron chi connectivity index (χ0n) is 11.2. The van der Waals surface area contributed by atoms with Gasteiger partial charge in [-0.15, -0.1) is 0 Å². The van der Waals surface area contributed by atoms with Crippen molar-refractivity contribution in [3.63, 3.8) is 0 Å². The fraction of sp³-hybridized carbons (Fsp3) is 0.0667. The summed E-state index contributed by atoms with van der Waals surface area (Å²) in [5.41, 5.74) is 2.02. The lowest BCUT2D eigenvalue weighted by molar-refractivity contribution is 0.102. The van der Waals surface area contributed by atoms with Gasteiger partial charge in [0.15, 0.2) is 5.58 Å². The number of rotatable bonds is 3. The number of ether oxygens (including phenoxy) is 1. The minimum Gasteiger partial charge on any atom is -0.497 e. The Hall–Kier alpha value is -3.02. The highest BCUT2D eigenvalue weighted by Crippen LogP contribution is 2.18. The number of amides is 1. The van der Waals surface area contributed by atoms with Gasteiger partial charge in [-0.25, -0.2) is 4.79 Å². The summed E-state index contributed by atoms with van der Waals surface area (Å²) in [7, 11) is 1.54. The quantitative estimate of drug-likeness (QED) is 0.773. The molecule has 0 aliphatic heterocycles. The number of hydrogen-bond donors (Lipinski definition) is 2. The number of nitrogens with one attached hydrogen (secondary N) is 2. The van der Waals surface area contributed by atoms with E-state index in [1.54, 1.807) is 49.6 Å². The van der Waals surface area contributed by atoms with E-state index in [9.17, 15) is 9.59 Å². The summed E-state index contributed by atoms with van der Waals surface area (Å²) in [5, 5.41) is 2.75. The summed E-state index contributed by atoms with van der Waals surface area (Å²) in [4.78, 5) is 25.8. The second-order valence-corrected chi connectivity index (χ2v) is 4.41. The van der Waals surface area contributed by atoms with Gasteiger partial charge in [0.25, 0.3) is 5.91 Å². The molecular weight excluding hydrogens is 272 g/mol. The summed E-state index contributed by atoms with van der Waals surface area (Å²) in [5.74, 6) is -0.183. The highest BCUT2D eigenvalue weighted by molar-refractivity contribution is 6.05. The molecule has 0 fully saturated rings. The predicted molar refractivity (Wildman–Crippen MR) is 77.8 cm³/mol. The first kappa shape index (κ1) is 13.0. The Morgan fingerprint density at radius 3 is 2.90 bits per heavy atom. The first-order valence-corrected chi connectivity index (χ1v) is 6.24. The summed E-state index contributed by atoms with van der Waals surface area (Å²) in [6.45, 7) is 0. The van der Waals surface area contributed by atoms with Gasteiger partial charge < -0.3 is 14.5 Å². The van der Waals surface area contributed by atoms with Crippen molar-refractivity contribution in [2.45, 2.75) is 0 Å². The second-order valence-electron chi connectivity index (χ2n) is 4.41. The van der Waals surface area contributed by atoms with Crippen LogP contribution in [0.15, 0.2) is 51.7 Å². The van der Waals surface area contributed by atoms with E-state index in [-0.39, 0.29) is 5.91 Å². The molecule has 0 aliphatic rings. The first-order chi connectivity index (χ1) is 10.2. The van der Waals surface area contributed by atoms with E-state index < -0.39 is 5.76 Å². The van der Waals surface area contributed by atoms with E-state index in [2.05, 4.69) is 10.3 Å². The number of fused-ring (bicyclic) bond motifs is 1. The van der Waals surface area contributed by atoms with Gasteiger partial charge in [-0.3, -0.25) is 9.78 Å². The zero-order valence-corrected chi connectivity index (χ0v) is 11.2. The summed E-state index contributed by atoms with van der Waals surface area (Å²) < 4.78 is 9.99. The van der Waals surface area contributed by atoms with Crippen LogP contribution in [0.2, 0.25) is 0 Å². The van der Waals surface area contributed by atoms with Gasteiger partial charge in [-0.2, -0.15) is 0 Å². The fourth-order valence-electron chi connectivity index (χ4n) is 2.00. The number of benzene rings is 2. The summed E-state index contributed by atoms with van der Waals surface area (Å²) in [6, 6.07) is 11.8. The molecule has 6 nitrogen and oxygen atoms in total. The monoisotopic (exact) mass is 284 g/mol. The molecule has 0 radical (unpaired) electrons. The Morgan fingerprint density at radius 2 is 2.10 bits per heavy atom. The molecule has 3 aromatic rings. The van der Waals surface area contributed by atoms with Gasteiger partial charge in [0.2, 0.25) is 0 Å². The first-order valence-electron chi connectivity index (χ1n) is 6.24. The molecule has 1 amide bonds. The average Bonchev–Trinajstić information content (AvgIpc) is 2.86. The number of H-pyrrole nitrogens is 1. The van der Waals surface area contributed by atoms with Crippen LogP contribution in [0.3, 0.4) is 0 Å². The smallest absolute Gasteiger partial charge is 0.417 e. The standard InChI is InChI=1S/C15H12N2O4/c1-20-11-4-2-3-9(7-11)14(18)16-10-5-6-13-12(8-10)17-15(19)21-13/h2-8H,1H3,(H,16,18)(H,17,19). The molecule has 0 bridgehead atoms. The molecule has 0 aliphatic carbocycles. The van der Waals surface area contributed by atoms with Crippen LogP contribution in [-0.2, 0) is 0 Å². The zero-order chi connectivity index (χ0) is 14.8. The lowest BCUT2D eigenvalue weighted by atomic mass is 10.2. The lowest BCUT2D eigenvalue weighted by Gasteiger charge is -2.06. The number of hydrogen-bond acceptors (Lipinski definition) is 4. The number of methoxy groups -OCH3 is 1. The van der Waals surface area contributed by atoms with E-state index in [0.717, 1.165) is 0 Å². The van der Waals surface area contributed by atoms with Gasteiger partial charge in [-0.05, 0) is 36.4 Å². The van der Waals surface area contributed by atoms with Crippen molar-refractivity contribution < 1.29 is 13.9 Å². The highest BCUT2D eigenvalue weighted by atomic mass is 16.5. The van der Waals surface area contributed by atoms with Crippen LogP contribution >= 0.6 is 0 Å². The van der Waals surface area contributed by atoms with Crippen molar-refractivity contribution in [2.75, 3.05) is 12.4 Å². The number of carbonyl (C=O) groups is 1. The lowest BCUT2D eigenvalue weighted by Crippen LogP contribution is -2.11. The molecule has 0 saturated carbocycles. The van der Waals surface area contributed by atoms with Crippen molar-refractivity contribution in [1.29, 1.82) is 0 Å². The predicted octanol–water partition coefficient (Wildman–Crippen LogP) is 2.38. The third-order valence-corrected chi connectivity index (χ3v) is 3.01. The van der Waals surface area contributed by atoms with Crippen LogP contribution in [-0.4, -0.2) is 18.0 Å². The Balaban J connectivity index is 1.86. The van der Waals surface area contributed by atoms with Gasteiger partial charge in [-0.1, -0.05) is 6.07 Å². The number of oxazole rings is 1. The van der Waals surface area contributed by atoms with Gasteiger partial charge >= 0.3 is 5.76 Å². The molecule has 1 heterocycles. The van der Waals surface area contributed by atoms with Crippen LogP contribution in [0.25, 0.3) is 11.1 Å². The SMILES string of the molecule is COc1cccc(C(=O)Nc2ccc3oc(=O)[nH]c3c2)c1. The molecule has 2 aromatic carbocycles. The Morgan fingerprint density at radius 1 is 1.24 bits per heavy atom. The molecule has 0 saturated heterocycles. The highest BCUT2D eigenvalue weighted by Gasteiger charge is 2.08. The normalized spacial score (nSPS) is 10.5. The fourth-order valence-corrected chi connectivity index (χ4v) is 2.00. The van der Waals surface area contributed by atoms with E-state index >= 15 is 0 Å². The van der Waals surface area contributed by atoms with Crippen molar-refractivity contribution in [1.82, 2.24) is 4.98 Å². The van der Waals surface area contributed by atoms with Gasteiger partial charge in [0, 0.05) is 11.3 Å². The molecule has 106 valence electrons. The van der Waals surface area contributed by atoms with Crippen molar-refractivity contribution >= 4 is 22.7 Å². The topological polar surface area (TPSA) is 84.3 Å². The molecule has 0 atom stereocenters. The number of aromatic amines is 1. The minimum atomic E-state index is -0.527. The Kier molecular flexibility index (Phi) is 3.19. The van der Waals surface area contributed by atoms with E-state index in [4.69, 9.17) is 9.15 Å². The number of carbonyl (C=O) groups excluding carboxylic acids is 1. The van der Waals surface area contributed by atoms with Gasteiger partial charge in [0.05, 0.1) is 12.6 Å². The summed E-state index contributed by atoms with van der Waals surface area (Å²) in [6.07, 6.45) is 0. The van der Waals surface area contributed by atoms with E-state index in [1.165, 1.54) is 0 Å². The Bertz CT molecular complexity index is 863. The van der Waals surface area contributed by atoms with Crippen molar-refractivity contribution in [3.05, 3.63) is 58.6 Å². The molecule has 6 heteroatoms. The Labute approximate surface area is 119 Å².